The van der Waals surface area contributed by atoms with Gasteiger partial charge in [-0.15, -0.1) is 0 Å². The lowest BCUT2D eigenvalue weighted by molar-refractivity contribution is -0.140. The molecule has 2 aliphatic heterocycles. The van der Waals surface area contributed by atoms with Crippen LogP contribution in [0.4, 0.5) is 4.79 Å². The van der Waals surface area contributed by atoms with Crippen LogP contribution in [0.3, 0.4) is 0 Å². The largest absolute Gasteiger partial charge is 0.490 e. The van der Waals surface area contributed by atoms with Crippen LogP contribution in [0.25, 0.3) is 0 Å². The number of likely N-dealkylation sites (N-methyl/N-ethyl adjacent to an activating group) is 1. The van der Waals surface area contributed by atoms with Crippen molar-refractivity contribution in [1.29, 1.82) is 0 Å². The van der Waals surface area contributed by atoms with E-state index in [4.69, 9.17) is 9.47 Å². The molecule has 4 rings (SSSR count). The summed E-state index contributed by atoms with van der Waals surface area (Å²) in [5, 5.41) is 2.78. The van der Waals surface area contributed by atoms with Crippen LogP contribution in [0, 0.1) is 0 Å². The molecule has 3 aliphatic rings. The van der Waals surface area contributed by atoms with Gasteiger partial charge in [-0.25, -0.2) is 4.79 Å². The SMILES string of the molecule is CCN(C(=O)CN1C(=O)NC(C)(c2ccc3c(c2)OCCCO3)C1=O)C1CCCCC1. The molecule has 0 bridgehead atoms. The number of urea groups is 1. The second-order valence-electron chi connectivity index (χ2n) is 8.63. The molecule has 2 fully saturated rings. The fraction of sp³-hybridized carbons (Fsp3) is 0.609. The quantitative estimate of drug-likeness (QED) is 0.727. The second-order valence-corrected chi connectivity index (χ2v) is 8.63. The molecule has 1 N–H and O–H groups in total. The van der Waals surface area contributed by atoms with E-state index < -0.39 is 17.5 Å². The first kappa shape index (κ1) is 21.5. The van der Waals surface area contributed by atoms with Crippen molar-refractivity contribution in [3.05, 3.63) is 23.8 Å². The van der Waals surface area contributed by atoms with E-state index in [0.717, 1.165) is 37.0 Å². The first-order valence-electron chi connectivity index (χ1n) is 11.3. The topological polar surface area (TPSA) is 88.2 Å². The molecule has 31 heavy (non-hydrogen) atoms. The Kier molecular flexibility index (Phi) is 6.07. The van der Waals surface area contributed by atoms with Crippen LogP contribution in [-0.2, 0) is 15.1 Å². The lowest BCUT2D eigenvalue weighted by Gasteiger charge is -2.34. The third-order valence-electron chi connectivity index (χ3n) is 6.57. The maximum atomic E-state index is 13.3. The summed E-state index contributed by atoms with van der Waals surface area (Å²) in [6.45, 7) is 5.05. The van der Waals surface area contributed by atoms with Crippen molar-refractivity contribution in [1.82, 2.24) is 15.1 Å². The Labute approximate surface area is 182 Å². The molecular formula is C23H31N3O5. The molecule has 0 radical (unpaired) electrons. The van der Waals surface area contributed by atoms with Crippen LogP contribution in [0.2, 0.25) is 0 Å². The van der Waals surface area contributed by atoms with Gasteiger partial charge >= 0.3 is 6.03 Å². The molecule has 1 aromatic carbocycles. The van der Waals surface area contributed by atoms with Crippen LogP contribution in [-0.4, -0.2) is 60.0 Å². The van der Waals surface area contributed by atoms with Crippen molar-refractivity contribution in [2.45, 2.75) is 64.0 Å². The number of nitrogens with one attached hydrogen (secondary N) is 1. The number of hydrogen-bond acceptors (Lipinski definition) is 5. The Morgan fingerprint density at radius 1 is 1.13 bits per heavy atom. The number of hydrogen-bond donors (Lipinski definition) is 1. The molecular weight excluding hydrogens is 398 g/mol. The number of ether oxygens (including phenoxy) is 2. The van der Waals surface area contributed by atoms with Crippen LogP contribution in [0.5, 0.6) is 11.5 Å². The lowest BCUT2D eigenvalue weighted by Crippen LogP contribution is -2.48. The van der Waals surface area contributed by atoms with Gasteiger partial charge in [0.05, 0.1) is 13.2 Å². The number of carbonyl (C=O) groups is 3. The number of fused-ring (bicyclic) bond motifs is 1. The number of imide groups is 1. The van der Waals surface area contributed by atoms with E-state index in [1.54, 1.807) is 25.1 Å². The molecule has 8 nitrogen and oxygen atoms in total. The van der Waals surface area contributed by atoms with Crippen LogP contribution in [0.15, 0.2) is 18.2 Å². The Morgan fingerprint density at radius 3 is 2.55 bits per heavy atom. The molecule has 168 valence electrons. The van der Waals surface area contributed by atoms with Crippen LogP contribution >= 0.6 is 0 Å². The molecule has 1 aliphatic carbocycles. The molecule has 0 spiro atoms. The molecule has 4 amide bonds. The normalized spacial score (nSPS) is 24.0. The molecule has 1 saturated heterocycles. The first-order chi connectivity index (χ1) is 14.9. The van der Waals surface area contributed by atoms with Crippen molar-refractivity contribution < 1.29 is 23.9 Å². The van der Waals surface area contributed by atoms with Gasteiger partial charge in [0.1, 0.15) is 12.1 Å². The summed E-state index contributed by atoms with van der Waals surface area (Å²) in [4.78, 5) is 41.9. The molecule has 1 aromatic rings. The lowest BCUT2D eigenvalue weighted by atomic mass is 9.91. The Balaban J connectivity index is 1.51. The van der Waals surface area contributed by atoms with Crippen molar-refractivity contribution in [3.63, 3.8) is 0 Å². The zero-order valence-corrected chi connectivity index (χ0v) is 18.3. The van der Waals surface area contributed by atoms with Gasteiger partial charge in [-0.2, -0.15) is 0 Å². The summed E-state index contributed by atoms with van der Waals surface area (Å²) < 4.78 is 11.4. The number of benzene rings is 1. The van der Waals surface area contributed by atoms with Gasteiger partial charge in [0, 0.05) is 19.0 Å². The minimum atomic E-state index is -1.26. The van der Waals surface area contributed by atoms with Gasteiger partial charge < -0.3 is 19.7 Å². The highest BCUT2D eigenvalue weighted by molar-refractivity contribution is 6.09. The zero-order chi connectivity index (χ0) is 22.0. The average Bonchev–Trinajstić information content (AvgIpc) is 2.94. The smallest absolute Gasteiger partial charge is 0.325 e. The predicted octanol–water partition coefficient (Wildman–Crippen LogP) is 2.80. The van der Waals surface area contributed by atoms with Gasteiger partial charge in [-0.05, 0) is 44.4 Å². The Bertz CT molecular complexity index is 867. The third kappa shape index (κ3) is 4.07. The summed E-state index contributed by atoms with van der Waals surface area (Å²) in [7, 11) is 0. The average molecular weight is 430 g/mol. The standard InChI is InChI=1S/C23H31N3O5/c1-3-25(17-8-5-4-6-9-17)20(27)15-26-21(28)23(2,24-22(26)29)16-10-11-18-19(14-16)31-13-7-12-30-18/h10-11,14,17H,3-9,12-13,15H2,1-2H3,(H,24,29). The zero-order valence-electron chi connectivity index (χ0n) is 18.3. The maximum absolute atomic E-state index is 13.3. The van der Waals surface area contributed by atoms with Gasteiger partial charge in [-0.1, -0.05) is 25.3 Å². The molecule has 0 aromatic heterocycles. The van der Waals surface area contributed by atoms with Crippen LogP contribution in [0.1, 0.15) is 57.9 Å². The molecule has 8 heteroatoms. The van der Waals surface area contributed by atoms with Gasteiger partial charge in [0.25, 0.3) is 5.91 Å². The fourth-order valence-electron chi connectivity index (χ4n) is 4.77. The Hall–Kier alpha value is -2.77. The van der Waals surface area contributed by atoms with Crippen LogP contribution < -0.4 is 14.8 Å². The Morgan fingerprint density at radius 2 is 1.84 bits per heavy atom. The minimum Gasteiger partial charge on any atom is -0.490 e. The van der Waals surface area contributed by atoms with Crippen molar-refractivity contribution >= 4 is 17.8 Å². The predicted molar refractivity (Wildman–Crippen MR) is 114 cm³/mol. The number of carbonyl (C=O) groups excluding carboxylic acids is 3. The molecule has 1 atom stereocenters. The van der Waals surface area contributed by atoms with E-state index in [2.05, 4.69) is 5.32 Å². The summed E-state index contributed by atoms with van der Waals surface area (Å²) in [5.41, 5.74) is -0.658. The van der Waals surface area contributed by atoms with E-state index in [0.29, 0.717) is 36.8 Å². The highest BCUT2D eigenvalue weighted by Gasteiger charge is 2.50. The van der Waals surface area contributed by atoms with E-state index in [1.165, 1.54) is 6.42 Å². The number of amides is 4. The molecule has 1 unspecified atom stereocenters. The summed E-state index contributed by atoms with van der Waals surface area (Å²) in [6.07, 6.45) is 6.16. The monoisotopic (exact) mass is 429 g/mol. The van der Waals surface area contributed by atoms with Crippen molar-refractivity contribution in [2.24, 2.45) is 0 Å². The van der Waals surface area contributed by atoms with E-state index >= 15 is 0 Å². The number of rotatable bonds is 5. The van der Waals surface area contributed by atoms with Crippen molar-refractivity contribution in [3.8, 4) is 11.5 Å². The van der Waals surface area contributed by atoms with Crippen molar-refractivity contribution in [2.75, 3.05) is 26.3 Å². The highest BCUT2D eigenvalue weighted by Crippen LogP contribution is 2.36. The van der Waals surface area contributed by atoms with Gasteiger partial charge in [-0.3, -0.25) is 14.5 Å². The van der Waals surface area contributed by atoms with Gasteiger partial charge in [0.15, 0.2) is 11.5 Å². The first-order valence-corrected chi connectivity index (χ1v) is 11.3. The fourth-order valence-corrected chi connectivity index (χ4v) is 4.77. The van der Waals surface area contributed by atoms with E-state index in [9.17, 15) is 14.4 Å². The second kappa shape index (κ2) is 8.77. The highest BCUT2D eigenvalue weighted by atomic mass is 16.5. The summed E-state index contributed by atoms with van der Waals surface area (Å²) >= 11 is 0. The minimum absolute atomic E-state index is 0.180. The third-order valence-corrected chi connectivity index (χ3v) is 6.57. The summed E-state index contributed by atoms with van der Waals surface area (Å²) in [5.74, 6) is 0.572. The van der Waals surface area contributed by atoms with E-state index in [1.807, 2.05) is 11.8 Å². The molecule has 2 heterocycles. The van der Waals surface area contributed by atoms with Gasteiger partial charge in [0.2, 0.25) is 5.91 Å². The summed E-state index contributed by atoms with van der Waals surface area (Å²) in [6, 6.07) is 4.91. The van der Waals surface area contributed by atoms with E-state index in [-0.39, 0.29) is 18.5 Å². The maximum Gasteiger partial charge on any atom is 0.325 e. The molecule has 1 saturated carbocycles. The number of nitrogens with zero attached hydrogens (tertiary/aromatic N) is 2.